The van der Waals surface area contributed by atoms with Crippen LogP contribution in [0.15, 0.2) is 42.5 Å². The Hall–Kier alpha value is -2.56. The van der Waals surface area contributed by atoms with Crippen LogP contribution in [0.3, 0.4) is 0 Å². The Morgan fingerprint density at radius 1 is 1.08 bits per heavy atom. The number of urea groups is 1. The van der Waals surface area contributed by atoms with Crippen LogP contribution in [0.5, 0.6) is 0 Å². The van der Waals surface area contributed by atoms with Crippen molar-refractivity contribution in [3.8, 4) is 0 Å². The fourth-order valence-electron chi connectivity index (χ4n) is 3.24. The normalized spacial score (nSPS) is 14.5. The van der Waals surface area contributed by atoms with Crippen molar-refractivity contribution in [1.82, 2.24) is 10.2 Å². The Bertz CT molecular complexity index is 754. The second-order valence-electron chi connectivity index (χ2n) is 6.51. The van der Waals surface area contributed by atoms with E-state index in [1.165, 1.54) is 22.9 Å². The third-order valence-electron chi connectivity index (χ3n) is 4.65. The molecule has 0 spiro atoms. The molecule has 2 aromatic carbocycles. The summed E-state index contributed by atoms with van der Waals surface area (Å²) in [4.78, 5) is 16.4. The summed E-state index contributed by atoms with van der Waals surface area (Å²) in [5.74, 6) is -0.289. The third-order valence-corrected chi connectivity index (χ3v) is 4.65. The van der Waals surface area contributed by atoms with Gasteiger partial charge in [0.15, 0.2) is 0 Å². The van der Waals surface area contributed by atoms with Gasteiger partial charge in [-0.2, -0.15) is 0 Å². The van der Waals surface area contributed by atoms with E-state index < -0.39 is 0 Å². The summed E-state index contributed by atoms with van der Waals surface area (Å²) < 4.78 is 13.6. The van der Waals surface area contributed by atoms with Gasteiger partial charge in [0.2, 0.25) is 0 Å². The number of aryl methyl sites for hydroxylation is 2. The Labute approximate surface area is 148 Å². The van der Waals surface area contributed by atoms with Crippen molar-refractivity contribution in [3.63, 3.8) is 0 Å². The third kappa shape index (κ3) is 4.10. The van der Waals surface area contributed by atoms with Crippen LogP contribution in [0.4, 0.5) is 14.9 Å². The molecule has 0 unspecified atom stereocenters. The molecule has 1 N–H and O–H groups in total. The van der Waals surface area contributed by atoms with E-state index in [1.54, 1.807) is 23.1 Å². The number of anilines is 1. The fraction of sp³-hybridized carbons (Fsp3) is 0.350. The van der Waals surface area contributed by atoms with Gasteiger partial charge in [-0.15, -0.1) is 0 Å². The number of nitrogens with one attached hydrogen (secondary N) is 1. The summed E-state index contributed by atoms with van der Waals surface area (Å²) >= 11 is 0. The zero-order valence-electron chi connectivity index (χ0n) is 14.8. The summed E-state index contributed by atoms with van der Waals surface area (Å²) in [5, 5.41) is 2.81. The molecule has 25 heavy (non-hydrogen) atoms. The minimum Gasteiger partial charge on any atom is -0.368 e. The van der Waals surface area contributed by atoms with Crippen molar-refractivity contribution in [1.29, 1.82) is 0 Å². The van der Waals surface area contributed by atoms with Crippen LogP contribution in [0.2, 0.25) is 0 Å². The molecule has 2 aromatic rings. The molecule has 0 aromatic heterocycles. The maximum Gasteiger partial charge on any atom is 0.317 e. The summed E-state index contributed by atoms with van der Waals surface area (Å²) in [6, 6.07) is 12.8. The molecule has 1 aliphatic heterocycles. The highest BCUT2D eigenvalue weighted by atomic mass is 19.1. The highest BCUT2D eigenvalue weighted by Gasteiger charge is 2.22. The van der Waals surface area contributed by atoms with Crippen LogP contribution < -0.4 is 10.2 Å². The van der Waals surface area contributed by atoms with Crippen LogP contribution in [-0.4, -0.2) is 37.1 Å². The molecule has 0 aliphatic carbocycles. The van der Waals surface area contributed by atoms with Crippen LogP contribution >= 0.6 is 0 Å². The first-order chi connectivity index (χ1) is 12.0. The molecule has 0 bridgehead atoms. The fourth-order valence-corrected chi connectivity index (χ4v) is 3.24. The quantitative estimate of drug-likeness (QED) is 0.928. The second-order valence-corrected chi connectivity index (χ2v) is 6.51. The summed E-state index contributed by atoms with van der Waals surface area (Å²) in [6.45, 7) is 7.36. The lowest BCUT2D eigenvalue weighted by atomic mass is 10.1. The molecule has 3 rings (SSSR count). The van der Waals surface area contributed by atoms with Gasteiger partial charge in [0.25, 0.3) is 0 Å². The van der Waals surface area contributed by atoms with Gasteiger partial charge < -0.3 is 15.1 Å². The Morgan fingerprint density at radius 3 is 2.48 bits per heavy atom. The average Bonchev–Trinajstić information content (AvgIpc) is 2.61. The maximum absolute atomic E-state index is 13.6. The van der Waals surface area contributed by atoms with Gasteiger partial charge in [-0.1, -0.05) is 35.9 Å². The van der Waals surface area contributed by atoms with Crippen LogP contribution in [0.25, 0.3) is 0 Å². The van der Waals surface area contributed by atoms with E-state index in [0.717, 1.165) is 13.1 Å². The molecule has 1 fully saturated rings. The maximum atomic E-state index is 13.6. The smallest absolute Gasteiger partial charge is 0.317 e. The van der Waals surface area contributed by atoms with Crippen LogP contribution in [-0.2, 0) is 6.54 Å². The highest BCUT2D eigenvalue weighted by molar-refractivity contribution is 5.74. The van der Waals surface area contributed by atoms with Crippen molar-refractivity contribution in [2.75, 3.05) is 31.1 Å². The SMILES string of the molecule is Cc1ccc(N2CCN(C(=O)NCc3ccccc3F)CC2)c(C)c1. The molecule has 132 valence electrons. The van der Waals surface area contributed by atoms with E-state index in [2.05, 4.69) is 42.3 Å². The molecule has 4 nitrogen and oxygen atoms in total. The monoisotopic (exact) mass is 341 g/mol. The number of piperazine rings is 1. The number of hydrogen-bond acceptors (Lipinski definition) is 2. The van der Waals surface area contributed by atoms with Crippen molar-refractivity contribution in [2.24, 2.45) is 0 Å². The minimum absolute atomic E-state index is 0.136. The molecule has 0 radical (unpaired) electrons. The topological polar surface area (TPSA) is 35.6 Å². The molecule has 5 heteroatoms. The first kappa shape index (κ1) is 17.3. The predicted octanol–water partition coefficient (Wildman–Crippen LogP) is 3.47. The van der Waals surface area contributed by atoms with Gasteiger partial charge in [-0.05, 0) is 31.5 Å². The van der Waals surface area contributed by atoms with Crippen molar-refractivity contribution < 1.29 is 9.18 Å². The van der Waals surface area contributed by atoms with Crippen LogP contribution in [0.1, 0.15) is 16.7 Å². The van der Waals surface area contributed by atoms with Gasteiger partial charge in [-0.3, -0.25) is 0 Å². The number of amides is 2. The summed E-state index contributed by atoms with van der Waals surface area (Å²) in [5.41, 5.74) is 4.26. The molecular weight excluding hydrogens is 317 g/mol. The lowest BCUT2D eigenvalue weighted by Crippen LogP contribution is -2.51. The van der Waals surface area contributed by atoms with E-state index in [0.29, 0.717) is 18.7 Å². The zero-order chi connectivity index (χ0) is 17.8. The van der Waals surface area contributed by atoms with Crippen molar-refractivity contribution in [3.05, 3.63) is 65.0 Å². The Morgan fingerprint density at radius 2 is 1.80 bits per heavy atom. The molecule has 1 saturated heterocycles. The number of rotatable bonds is 3. The predicted molar refractivity (Wildman–Crippen MR) is 98.3 cm³/mol. The number of hydrogen-bond donors (Lipinski definition) is 1. The summed E-state index contributed by atoms with van der Waals surface area (Å²) in [7, 11) is 0. The van der Waals surface area contributed by atoms with Crippen LogP contribution in [0, 0.1) is 19.7 Å². The van der Waals surface area contributed by atoms with E-state index in [4.69, 9.17) is 0 Å². The minimum atomic E-state index is -0.289. The number of halogens is 1. The molecular formula is C20H24FN3O. The molecule has 2 amide bonds. The average molecular weight is 341 g/mol. The highest BCUT2D eigenvalue weighted by Crippen LogP contribution is 2.22. The number of carbonyl (C=O) groups excluding carboxylic acids is 1. The number of nitrogens with zero attached hydrogens (tertiary/aromatic N) is 2. The largest absolute Gasteiger partial charge is 0.368 e. The second kappa shape index (κ2) is 7.55. The lowest BCUT2D eigenvalue weighted by Gasteiger charge is -2.36. The van der Waals surface area contributed by atoms with E-state index in [-0.39, 0.29) is 18.4 Å². The van der Waals surface area contributed by atoms with Crippen molar-refractivity contribution >= 4 is 11.7 Å². The van der Waals surface area contributed by atoms with Gasteiger partial charge in [0.1, 0.15) is 5.82 Å². The van der Waals surface area contributed by atoms with E-state index >= 15 is 0 Å². The van der Waals surface area contributed by atoms with Gasteiger partial charge in [-0.25, -0.2) is 9.18 Å². The van der Waals surface area contributed by atoms with Crippen molar-refractivity contribution in [2.45, 2.75) is 20.4 Å². The van der Waals surface area contributed by atoms with Gasteiger partial charge in [0.05, 0.1) is 0 Å². The first-order valence-corrected chi connectivity index (χ1v) is 8.63. The standard InChI is InChI=1S/C20H24FN3O/c1-15-7-8-19(16(2)13-15)23-9-11-24(12-10-23)20(25)22-14-17-5-3-4-6-18(17)21/h3-8,13H,9-12,14H2,1-2H3,(H,22,25). The molecule has 0 atom stereocenters. The molecule has 1 heterocycles. The van der Waals surface area contributed by atoms with E-state index in [1.807, 2.05) is 0 Å². The van der Waals surface area contributed by atoms with Gasteiger partial charge >= 0.3 is 6.03 Å². The Balaban J connectivity index is 1.53. The zero-order valence-corrected chi connectivity index (χ0v) is 14.8. The molecule has 0 saturated carbocycles. The lowest BCUT2D eigenvalue weighted by molar-refractivity contribution is 0.194. The van der Waals surface area contributed by atoms with Gasteiger partial charge in [0, 0.05) is 44.0 Å². The number of carbonyl (C=O) groups is 1. The number of benzene rings is 2. The first-order valence-electron chi connectivity index (χ1n) is 8.63. The summed E-state index contributed by atoms with van der Waals surface area (Å²) in [6.07, 6.45) is 0. The molecule has 1 aliphatic rings. The Kier molecular flexibility index (Phi) is 5.22. The van der Waals surface area contributed by atoms with E-state index in [9.17, 15) is 9.18 Å².